The molecule has 0 bridgehead atoms. The molecule has 3 nitrogen and oxygen atoms in total. The Morgan fingerprint density at radius 2 is 1.56 bits per heavy atom. The Labute approximate surface area is 99.1 Å². The first kappa shape index (κ1) is 11.0. The van der Waals surface area contributed by atoms with Crippen molar-refractivity contribution in [2.45, 2.75) is 23.9 Å². The zero-order valence-corrected chi connectivity index (χ0v) is 10.1. The summed E-state index contributed by atoms with van der Waals surface area (Å²) >= 11 is 1.55. The lowest BCUT2D eigenvalue weighted by Gasteiger charge is -2.03. The van der Waals surface area contributed by atoms with Crippen LogP contribution in [0.4, 0.5) is 5.69 Å². The predicted octanol–water partition coefficient (Wildman–Crippen LogP) is 2.83. The molecule has 0 saturated heterocycles. The van der Waals surface area contributed by atoms with E-state index in [4.69, 9.17) is 5.73 Å². The number of hydrogen-bond donors (Lipinski definition) is 1. The van der Waals surface area contributed by atoms with Crippen LogP contribution in [-0.4, -0.2) is 9.97 Å². The van der Waals surface area contributed by atoms with Gasteiger partial charge in [0.25, 0.3) is 0 Å². The van der Waals surface area contributed by atoms with E-state index in [0.717, 1.165) is 27.1 Å². The van der Waals surface area contributed by atoms with Crippen molar-refractivity contribution in [3.05, 3.63) is 41.7 Å². The third-order valence-corrected chi connectivity index (χ3v) is 2.92. The SMILES string of the molecule is Cc1cc(C)nc(Sc2ccc(N)cc2)n1. The Morgan fingerprint density at radius 1 is 1.00 bits per heavy atom. The number of hydrogen-bond acceptors (Lipinski definition) is 4. The molecule has 2 aromatic rings. The molecule has 82 valence electrons. The number of nitrogens with zero attached hydrogens (tertiary/aromatic N) is 2. The molecule has 0 aliphatic heterocycles. The molecule has 1 aromatic carbocycles. The molecule has 0 aliphatic carbocycles. The molecule has 2 rings (SSSR count). The Kier molecular flexibility index (Phi) is 3.10. The fraction of sp³-hybridized carbons (Fsp3) is 0.167. The van der Waals surface area contributed by atoms with E-state index in [1.54, 1.807) is 11.8 Å². The topological polar surface area (TPSA) is 51.8 Å². The first-order chi connectivity index (χ1) is 7.63. The minimum atomic E-state index is 0.769. The molecule has 0 amide bonds. The largest absolute Gasteiger partial charge is 0.399 e. The van der Waals surface area contributed by atoms with Gasteiger partial charge < -0.3 is 5.73 Å². The molecular formula is C12H13N3S. The van der Waals surface area contributed by atoms with Crippen LogP contribution in [0.3, 0.4) is 0 Å². The third-order valence-electron chi connectivity index (χ3n) is 2.05. The van der Waals surface area contributed by atoms with Crippen molar-refractivity contribution in [3.63, 3.8) is 0 Å². The average Bonchev–Trinajstić information content (AvgIpc) is 2.20. The highest BCUT2D eigenvalue weighted by atomic mass is 32.2. The number of nitrogen functional groups attached to an aromatic ring is 1. The van der Waals surface area contributed by atoms with E-state index < -0.39 is 0 Å². The van der Waals surface area contributed by atoms with Gasteiger partial charge >= 0.3 is 0 Å². The number of rotatable bonds is 2. The summed E-state index contributed by atoms with van der Waals surface area (Å²) in [5, 5.41) is 0.780. The van der Waals surface area contributed by atoms with Crippen molar-refractivity contribution in [1.82, 2.24) is 9.97 Å². The van der Waals surface area contributed by atoms with Crippen molar-refractivity contribution in [2.24, 2.45) is 0 Å². The normalized spacial score (nSPS) is 10.4. The summed E-state index contributed by atoms with van der Waals surface area (Å²) in [5.74, 6) is 0. The van der Waals surface area contributed by atoms with Crippen molar-refractivity contribution < 1.29 is 0 Å². The highest BCUT2D eigenvalue weighted by Crippen LogP contribution is 2.25. The number of nitrogens with two attached hydrogens (primary N) is 1. The number of aryl methyl sites for hydroxylation is 2. The summed E-state index contributed by atoms with van der Waals surface area (Å²) in [4.78, 5) is 9.84. The second-order valence-electron chi connectivity index (χ2n) is 3.60. The average molecular weight is 231 g/mol. The van der Waals surface area contributed by atoms with Crippen molar-refractivity contribution >= 4 is 17.4 Å². The molecule has 2 N–H and O–H groups in total. The first-order valence-electron chi connectivity index (χ1n) is 4.99. The second-order valence-corrected chi connectivity index (χ2v) is 4.65. The Morgan fingerprint density at radius 3 is 2.12 bits per heavy atom. The lowest BCUT2D eigenvalue weighted by atomic mass is 10.3. The fourth-order valence-corrected chi connectivity index (χ4v) is 2.24. The van der Waals surface area contributed by atoms with Crippen LogP contribution < -0.4 is 5.73 Å². The molecular weight excluding hydrogens is 218 g/mol. The van der Waals surface area contributed by atoms with Gasteiger partial charge in [0.15, 0.2) is 5.16 Å². The summed E-state index contributed by atoms with van der Waals surface area (Å²) in [6.07, 6.45) is 0. The molecule has 0 atom stereocenters. The van der Waals surface area contributed by atoms with Crippen molar-refractivity contribution in [2.75, 3.05) is 5.73 Å². The summed E-state index contributed by atoms with van der Waals surface area (Å²) in [5.41, 5.74) is 8.38. The maximum atomic E-state index is 5.63. The summed E-state index contributed by atoms with van der Waals surface area (Å²) < 4.78 is 0. The Balaban J connectivity index is 2.23. The van der Waals surface area contributed by atoms with Gasteiger partial charge in [-0.15, -0.1) is 0 Å². The molecule has 0 radical (unpaired) electrons. The lowest BCUT2D eigenvalue weighted by molar-refractivity contribution is 0.902. The van der Waals surface area contributed by atoms with Gasteiger partial charge in [-0.1, -0.05) is 0 Å². The Bertz CT molecular complexity index is 474. The van der Waals surface area contributed by atoms with E-state index in [9.17, 15) is 0 Å². The highest BCUT2D eigenvalue weighted by Gasteiger charge is 2.02. The predicted molar refractivity (Wildman–Crippen MR) is 66.5 cm³/mol. The molecule has 1 aromatic heterocycles. The van der Waals surface area contributed by atoms with E-state index in [-0.39, 0.29) is 0 Å². The van der Waals surface area contributed by atoms with Crippen LogP contribution in [0.15, 0.2) is 40.4 Å². The van der Waals surface area contributed by atoms with Gasteiger partial charge in [-0.2, -0.15) is 0 Å². The van der Waals surface area contributed by atoms with E-state index in [0.29, 0.717) is 0 Å². The minimum absolute atomic E-state index is 0.769. The first-order valence-corrected chi connectivity index (χ1v) is 5.81. The molecule has 4 heteroatoms. The number of anilines is 1. The van der Waals surface area contributed by atoms with Gasteiger partial charge in [0.1, 0.15) is 0 Å². The highest BCUT2D eigenvalue weighted by molar-refractivity contribution is 7.99. The van der Waals surface area contributed by atoms with Crippen LogP contribution in [0.1, 0.15) is 11.4 Å². The van der Waals surface area contributed by atoms with E-state index in [1.165, 1.54) is 0 Å². The van der Waals surface area contributed by atoms with E-state index >= 15 is 0 Å². The van der Waals surface area contributed by atoms with Gasteiger partial charge in [-0.25, -0.2) is 9.97 Å². The minimum Gasteiger partial charge on any atom is -0.399 e. The molecule has 1 heterocycles. The van der Waals surface area contributed by atoms with E-state index in [2.05, 4.69) is 9.97 Å². The summed E-state index contributed by atoms with van der Waals surface area (Å²) in [6, 6.07) is 9.67. The van der Waals surface area contributed by atoms with Crippen molar-refractivity contribution in [3.8, 4) is 0 Å². The van der Waals surface area contributed by atoms with Gasteiger partial charge in [-0.05, 0) is 55.9 Å². The van der Waals surface area contributed by atoms with E-state index in [1.807, 2.05) is 44.2 Å². The number of benzene rings is 1. The summed E-state index contributed by atoms with van der Waals surface area (Å²) in [6.45, 7) is 3.95. The van der Waals surface area contributed by atoms with Gasteiger partial charge in [0, 0.05) is 22.0 Å². The van der Waals surface area contributed by atoms with Gasteiger partial charge in [-0.3, -0.25) is 0 Å². The zero-order chi connectivity index (χ0) is 11.5. The third kappa shape index (κ3) is 2.73. The standard InChI is InChI=1S/C12H13N3S/c1-8-7-9(2)15-12(14-8)16-11-5-3-10(13)4-6-11/h3-7H,13H2,1-2H3. The monoisotopic (exact) mass is 231 g/mol. The second kappa shape index (κ2) is 4.53. The van der Waals surface area contributed by atoms with Crippen LogP contribution >= 0.6 is 11.8 Å². The van der Waals surface area contributed by atoms with Crippen LogP contribution in [0.5, 0.6) is 0 Å². The maximum Gasteiger partial charge on any atom is 0.192 e. The van der Waals surface area contributed by atoms with Crippen LogP contribution in [0, 0.1) is 13.8 Å². The molecule has 0 unspecified atom stereocenters. The van der Waals surface area contributed by atoms with Crippen LogP contribution in [0.2, 0.25) is 0 Å². The van der Waals surface area contributed by atoms with Crippen molar-refractivity contribution in [1.29, 1.82) is 0 Å². The molecule has 0 saturated carbocycles. The maximum absolute atomic E-state index is 5.63. The molecule has 0 spiro atoms. The van der Waals surface area contributed by atoms with Crippen LogP contribution in [-0.2, 0) is 0 Å². The van der Waals surface area contributed by atoms with Crippen LogP contribution in [0.25, 0.3) is 0 Å². The van der Waals surface area contributed by atoms with Gasteiger partial charge in [0.2, 0.25) is 0 Å². The fourth-order valence-electron chi connectivity index (χ4n) is 1.38. The molecule has 16 heavy (non-hydrogen) atoms. The smallest absolute Gasteiger partial charge is 0.192 e. The lowest BCUT2D eigenvalue weighted by Crippen LogP contribution is -1.92. The molecule has 0 aliphatic rings. The van der Waals surface area contributed by atoms with Gasteiger partial charge in [0.05, 0.1) is 0 Å². The summed E-state index contributed by atoms with van der Waals surface area (Å²) in [7, 11) is 0. The Hall–Kier alpha value is -1.55. The quantitative estimate of drug-likeness (QED) is 0.638. The number of aromatic nitrogens is 2. The molecule has 0 fully saturated rings. The zero-order valence-electron chi connectivity index (χ0n) is 9.27.